The van der Waals surface area contributed by atoms with E-state index in [2.05, 4.69) is 5.32 Å². The summed E-state index contributed by atoms with van der Waals surface area (Å²) in [7, 11) is 0. The fourth-order valence-electron chi connectivity index (χ4n) is 2.45. The number of carbonyl (C=O) groups excluding carboxylic acids is 1. The molecule has 1 saturated carbocycles. The van der Waals surface area contributed by atoms with Crippen LogP contribution in [0, 0.1) is 5.41 Å². The fraction of sp³-hybridized carbons (Fsp3) is 0.846. The number of hydrogen-bond donors (Lipinski definition) is 3. The minimum atomic E-state index is -1.07. The molecule has 0 spiro atoms. The first-order valence-corrected chi connectivity index (χ1v) is 6.65. The molecule has 6 heteroatoms. The van der Waals surface area contributed by atoms with Crippen molar-refractivity contribution in [1.29, 1.82) is 0 Å². The minimum absolute atomic E-state index is 0.0712. The maximum Gasteiger partial charge on any atom is 0.326 e. The zero-order valence-corrected chi connectivity index (χ0v) is 12.0. The summed E-state index contributed by atoms with van der Waals surface area (Å²) in [6, 6.07) is -0.894. The van der Waals surface area contributed by atoms with E-state index >= 15 is 0 Å². The van der Waals surface area contributed by atoms with Gasteiger partial charge in [-0.1, -0.05) is 20.8 Å². The Labute approximate surface area is 113 Å². The average molecular weight is 272 g/mol. The van der Waals surface area contributed by atoms with E-state index in [1.807, 2.05) is 20.8 Å². The molecule has 1 fully saturated rings. The number of hydrogen-bond acceptors (Lipinski definition) is 4. The maximum atomic E-state index is 12.2. The van der Waals surface area contributed by atoms with E-state index in [0.29, 0.717) is 19.4 Å². The second-order valence-electron chi connectivity index (χ2n) is 5.61. The lowest BCUT2D eigenvalue weighted by Gasteiger charge is -2.57. The highest BCUT2D eigenvalue weighted by Gasteiger charge is 2.63. The minimum Gasteiger partial charge on any atom is -0.480 e. The van der Waals surface area contributed by atoms with E-state index in [-0.39, 0.29) is 6.10 Å². The monoisotopic (exact) mass is 272 g/mol. The van der Waals surface area contributed by atoms with Gasteiger partial charge in [-0.2, -0.15) is 0 Å². The van der Waals surface area contributed by atoms with Gasteiger partial charge in [-0.25, -0.2) is 4.79 Å². The van der Waals surface area contributed by atoms with Gasteiger partial charge in [-0.15, -0.1) is 0 Å². The summed E-state index contributed by atoms with van der Waals surface area (Å²) in [5.74, 6) is -1.46. The second-order valence-corrected chi connectivity index (χ2v) is 5.61. The maximum absolute atomic E-state index is 12.2. The van der Waals surface area contributed by atoms with Crippen LogP contribution in [0.3, 0.4) is 0 Å². The molecule has 0 heterocycles. The Morgan fingerprint density at radius 3 is 2.42 bits per heavy atom. The third kappa shape index (κ3) is 2.60. The predicted molar refractivity (Wildman–Crippen MR) is 70.6 cm³/mol. The van der Waals surface area contributed by atoms with E-state index in [9.17, 15) is 9.59 Å². The predicted octanol–water partition coefficient (Wildman–Crippen LogP) is 0.498. The van der Waals surface area contributed by atoms with Crippen molar-refractivity contribution in [3.05, 3.63) is 0 Å². The van der Waals surface area contributed by atoms with Crippen molar-refractivity contribution < 1.29 is 19.4 Å². The van der Waals surface area contributed by atoms with Crippen LogP contribution in [0.1, 0.15) is 40.5 Å². The smallest absolute Gasteiger partial charge is 0.326 e. The van der Waals surface area contributed by atoms with Gasteiger partial charge in [0.25, 0.3) is 0 Å². The number of carboxylic acids is 1. The standard InChI is InChI=1S/C13H24N2O4/c1-5-8(10(16)17)15-11(18)13(14)7-9(19-6-2)12(13,3)4/h8-9H,5-7,14H2,1-4H3,(H,15,18)(H,16,17). The van der Waals surface area contributed by atoms with Gasteiger partial charge in [0.05, 0.1) is 6.10 Å². The third-order valence-electron chi connectivity index (χ3n) is 4.25. The average Bonchev–Trinajstić information content (AvgIpc) is 2.34. The number of aliphatic carboxylic acids is 1. The zero-order valence-electron chi connectivity index (χ0n) is 12.0. The Morgan fingerprint density at radius 1 is 1.47 bits per heavy atom. The molecule has 0 radical (unpaired) electrons. The number of amides is 1. The van der Waals surface area contributed by atoms with Crippen LogP contribution in [0.15, 0.2) is 0 Å². The molecule has 110 valence electrons. The molecule has 19 heavy (non-hydrogen) atoms. The number of ether oxygens (including phenoxy) is 1. The molecule has 0 bridgehead atoms. The Bertz CT molecular complexity index is 370. The molecule has 0 aromatic heterocycles. The highest BCUT2D eigenvalue weighted by Crippen LogP contribution is 2.49. The van der Waals surface area contributed by atoms with Crippen LogP contribution in [-0.4, -0.2) is 41.3 Å². The van der Waals surface area contributed by atoms with Crippen LogP contribution >= 0.6 is 0 Å². The van der Waals surface area contributed by atoms with Crippen molar-refractivity contribution in [3.63, 3.8) is 0 Å². The lowest BCUT2D eigenvalue weighted by molar-refractivity contribution is -0.172. The van der Waals surface area contributed by atoms with Gasteiger partial charge in [-0.3, -0.25) is 4.79 Å². The summed E-state index contributed by atoms with van der Waals surface area (Å²) >= 11 is 0. The molecule has 0 aromatic carbocycles. The van der Waals surface area contributed by atoms with E-state index in [1.165, 1.54) is 0 Å². The molecule has 1 aliphatic rings. The van der Waals surface area contributed by atoms with Gasteiger partial charge < -0.3 is 20.9 Å². The summed E-state index contributed by atoms with van der Waals surface area (Å²) in [6.07, 6.45) is 0.667. The third-order valence-corrected chi connectivity index (χ3v) is 4.25. The lowest BCUT2D eigenvalue weighted by Crippen LogP contribution is -2.76. The first-order valence-electron chi connectivity index (χ1n) is 6.65. The zero-order chi connectivity index (χ0) is 14.8. The van der Waals surface area contributed by atoms with Gasteiger partial charge in [0.2, 0.25) is 5.91 Å². The molecule has 1 rings (SSSR count). The Hall–Kier alpha value is -1.14. The number of nitrogens with two attached hydrogens (primary N) is 1. The van der Waals surface area contributed by atoms with Crippen LogP contribution in [0.4, 0.5) is 0 Å². The molecule has 0 aliphatic heterocycles. The molecular formula is C13H24N2O4. The van der Waals surface area contributed by atoms with E-state index < -0.39 is 28.9 Å². The Morgan fingerprint density at radius 2 is 2.05 bits per heavy atom. The molecular weight excluding hydrogens is 248 g/mol. The topological polar surface area (TPSA) is 102 Å². The lowest BCUT2D eigenvalue weighted by atomic mass is 9.54. The van der Waals surface area contributed by atoms with E-state index in [0.717, 1.165) is 0 Å². The van der Waals surface area contributed by atoms with Crippen molar-refractivity contribution >= 4 is 11.9 Å². The Balaban J connectivity index is 2.75. The van der Waals surface area contributed by atoms with Gasteiger partial charge in [-0.05, 0) is 13.3 Å². The SMILES string of the molecule is CCOC1CC(N)(C(=O)NC(CC)C(=O)O)C1(C)C. The summed E-state index contributed by atoms with van der Waals surface area (Å²) in [5.41, 5.74) is 4.58. The second kappa shape index (κ2) is 5.46. The molecule has 3 atom stereocenters. The normalized spacial score (nSPS) is 30.3. The first-order chi connectivity index (χ1) is 8.70. The molecule has 1 aliphatic carbocycles. The number of rotatable bonds is 6. The van der Waals surface area contributed by atoms with E-state index in [4.69, 9.17) is 15.6 Å². The summed E-state index contributed by atoms with van der Waals surface area (Å²) in [6.45, 7) is 7.91. The molecule has 0 saturated heterocycles. The Kier molecular flexibility index (Phi) is 4.58. The van der Waals surface area contributed by atoms with Gasteiger partial charge in [0.1, 0.15) is 11.6 Å². The molecule has 0 aromatic rings. The summed E-state index contributed by atoms with van der Waals surface area (Å²) in [5, 5.41) is 11.5. The number of nitrogens with one attached hydrogen (secondary N) is 1. The van der Waals surface area contributed by atoms with Crippen molar-refractivity contribution in [2.45, 2.75) is 58.2 Å². The quantitative estimate of drug-likeness (QED) is 0.653. The molecule has 1 amide bonds. The number of carbonyl (C=O) groups is 2. The number of carboxylic acid groups (broad SMARTS) is 1. The highest BCUT2D eigenvalue weighted by molar-refractivity contribution is 5.92. The van der Waals surface area contributed by atoms with Gasteiger partial charge in [0, 0.05) is 18.4 Å². The van der Waals surface area contributed by atoms with Gasteiger partial charge >= 0.3 is 5.97 Å². The van der Waals surface area contributed by atoms with Crippen molar-refractivity contribution in [1.82, 2.24) is 5.32 Å². The highest BCUT2D eigenvalue weighted by atomic mass is 16.5. The van der Waals surface area contributed by atoms with Crippen LogP contribution in [0.25, 0.3) is 0 Å². The van der Waals surface area contributed by atoms with Crippen LogP contribution in [0.2, 0.25) is 0 Å². The fourth-order valence-corrected chi connectivity index (χ4v) is 2.45. The van der Waals surface area contributed by atoms with Crippen molar-refractivity contribution in [2.24, 2.45) is 11.1 Å². The van der Waals surface area contributed by atoms with E-state index in [1.54, 1.807) is 6.92 Å². The van der Waals surface area contributed by atoms with Gasteiger partial charge in [0.15, 0.2) is 0 Å². The molecule has 4 N–H and O–H groups in total. The van der Waals surface area contributed by atoms with Crippen LogP contribution < -0.4 is 11.1 Å². The largest absolute Gasteiger partial charge is 0.480 e. The first kappa shape index (κ1) is 15.9. The summed E-state index contributed by atoms with van der Waals surface area (Å²) < 4.78 is 5.54. The van der Waals surface area contributed by atoms with Crippen LogP contribution in [-0.2, 0) is 14.3 Å². The van der Waals surface area contributed by atoms with Crippen LogP contribution in [0.5, 0.6) is 0 Å². The molecule has 6 nitrogen and oxygen atoms in total. The van der Waals surface area contributed by atoms with Crippen molar-refractivity contribution in [2.75, 3.05) is 6.61 Å². The molecule has 3 unspecified atom stereocenters. The summed E-state index contributed by atoms with van der Waals surface area (Å²) in [4.78, 5) is 23.2. The van der Waals surface area contributed by atoms with Crippen molar-refractivity contribution in [3.8, 4) is 0 Å².